The van der Waals surface area contributed by atoms with Crippen LogP contribution in [0.2, 0.25) is 0 Å². The first-order valence-electron chi connectivity index (χ1n) is 6.35. The van der Waals surface area contributed by atoms with E-state index >= 15 is 0 Å². The van der Waals surface area contributed by atoms with E-state index in [1.807, 2.05) is 31.2 Å². The molecule has 20 heavy (non-hydrogen) atoms. The molecule has 0 aliphatic carbocycles. The summed E-state index contributed by atoms with van der Waals surface area (Å²) in [6.45, 7) is 4.63. The molecule has 1 heterocycles. The van der Waals surface area contributed by atoms with Crippen LogP contribution >= 0.6 is 15.9 Å². The summed E-state index contributed by atoms with van der Waals surface area (Å²) in [7, 11) is 0. The van der Waals surface area contributed by atoms with Gasteiger partial charge in [-0.05, 0) is 31.5 Å². The highest BCUT2D eigenvalue weighted by Crippen LogP contribution is 2.22. The van der Waals surface area contributed by atoms with Crippen LogP contribution in [0.4, 0.5) is 0 Å². The van der Waals surface area contributed by atoms with Crippen LogP contribution in [0.3, 0.4) is 0 Å². The lowest BCUT2D eigenvalue weighted by atomic mass is 10.1. The molecular weight excluding hydrogens is 324 g/mol. The number of benzene rings is 1. The number of ether oxygens (including phenoxy) is 2. The van der Waals surface area contributed by atoms with Gasteiger partial charge in [0.25, 0.3) is 0 Å². The number of nitrogens with zero attached hydrogens (tertiary/aromatic N) is 1. The van der Waals surface area contributed by atoms with Gasteiger partial charge in [-0.15, -0.1) is 0 Å². The van der Waals surface area contributed by atoms with Crippen LogP contribution in [0.5, 0.6) is 0 Å². The van der Waals surface area contributed by atoms with Crippen LogP contribution in [0.25, 0.3) is 0 Å². The van der Waals surface area contributed by atoms with Crippen molar-refractivity contribution in [3.05, 3.63) is 34.3 Å². The number of carbonyl (C=O) groups is 1. The fraction of sp³-hybridized carbons (Fsp3) is 0.429. The summed E-state index contributed by atoms with van der Waals surface area (Å²) < 4.78 is 11.8. The number of carbonyl (C=O) groups excluding carboxylic acids is 1. The number of nitrogens with one attached hydrogen (secondary N) is 1. The second-order valence-corrected chi connectivity index (χ2v) is 5.66. The van der Waals surface area contributed by atoms with Gasteiger partial charge >= 0.3 is 0 Å². The minimum absolute atomic E-state index is 0.129. The number of hydrogen-bond donors (Lipinski definition) is 1. The Morgan fingerprint density at radius 1 is 1.35 bits per heavy atom. The van der Waals surface area contributed by atoms with Crippen LogP contribution < -0.4 is 5.43 Å². The summed E-state index contributed by atoms with van der Waals surface area (Å²) in [5.74, 6) is -1.06. The first-order chi connectivity index (χ1) is 9.48. The monoisotopic (exact) mass is 340 g/mol. The quantitative estimate of drug-likeness (QED) is 0.676. The normalized spacial score (nSPS) is 18.1. The highest BCUT2D eigenvalue weighted by molar-refractivity contribution is 9.10. The second-order valence-electron chi connectivity index (χ2n) is 4.75. The number of hydrogen-bond acceptors (Lipinski definition) is 4. The van der Waals surface area contributed by atoms with Crippen LogP contribution in [0.1, 0.15) is 25.8 Å². The van der Waals surface area contributed by atoms with Crippen LogP contribution in [-0.4, -0.2) is 30.6 Å². The number of hydrazone groups is 1. The zero-order valence-corrected chi connectivity index (χ0v) is 13.1. The molecule has 1 saturated heterocycles. The Morgan fingerprint density at radius 3 is 2.55 bits per heavy atom. The molecule has 0 atom stereocenters. The molecule has 6 heteroatoms. The van der Waals surface area contributed by atoms with Gasteiger partial charge in [0.2, 0.25) is 5.91 Å². The molecule has 0 bridgehead atoms. The van der Waals surface area contributed by atoms with Gasteiger partial charge in [0.15, 0.2) is 5.79 Å². The topological polar surface area (TPSA) is 59.9 Å². The summed E-state index contributed by atoms with van der Waals surface area (Å²) in [6.07, 6.45) is 0.129. The number of halogens is 1. The SMILES string of the molecule is C/C(=N/NC(=O)CC1(C)OCCO1)c1ccc(Br)cc1. The van der Waals surface area contributed by atoms with Crippen molar-refractivity contribution in [2.75, 3.05) is 13.2 Å². The Labute approximate surface area is 126 Å². The van der Waals surface area contributed by atoms with Gasteiger partial charge in [0.05, 0.1) is 25.3 Å². The summed E-state index contributed by atoms with van der Waals surface area (Å²) >= 11 is 3.37. The Morgan fingerprint density at radius 2 is 1.95 bits per heavy atom. The van der Waals surface area contributed by atoms with Crippen molar-refractivity contribution in [3.8, 4) is 0 Å². The standard InChI is InChI=1S/C14H17BrN2O3/c1-10(11-3-5-12(15)6-4-11)16-17-13(18)9-14(2)19-7-8-20-14/h3-6H,7-9H2,1-2H3,(H,17,18)/b16-10-. The van der Waals surface area contributed by atoms with E-state index in [4.69, 9.17) is 9.47 Å². The van der Waals surface area contributed by atoms with E-state index in [9.17, 15) is 4.79 Å². The Bertz CT molecular complexity index is 508. The molecule has 108 valence electrons. The molecule has 0 aromatic heterocycles. The van der Waals surface area contributed by atoms with Crippen molar-refractivity contribution in [2.45, 2.75) is 26.1 Å². The smallest absolute Gasteiger partial charge is 0.245 e. The van der Waals surface area contributed by atoms with Gasteiger partial charge in [-0.1, -0.05) is 28.1 Å². The maximum absolute atomic E-state index is 11.8. The molecule has 1 fully saturated rings. The van der Waals surface area contributed by atoms with Crippen LogP contribution in [0, 0.1) is 0 Å². The predicted molar refractivity (Wildman–Crippen MR) is 79.4 cm³/mol. The van der Waals surface area contributed by atoms with Crippen LogP contribution in [-0.2, 0) is 14.3 Å². The Balaban J connectivity index is 1.91. The van der Waals surface area contributed by atoms with E-state index in [1.165, 1.54) is 0 Å². The Hall–Kier alpha value is -1.24. The van der Waals surface area contributed by atoms with Crippen LogP contribution in [0.15, 0.2) is 33.8 Å². The van der Waals surface area contributed by atoms with Gasteiger partial charge in [-0.3, -0.25) is 4.79 Å². The molecule has 0 radical (unpaired) electrons. The molecule has 1 aliphatic heterocycles. The first kappa shape index (κ1) is 15.2. The van der Waals surface area contributed by atoms with E-state index in [1.54, 1.807) is 6.92 Å². The van der Waals surface area contributed by atoms with Crippen molar-refractivity contribution in [3.63, 3.8) is 0 Å². The van der Waals surface area contributed by atoms with Gasteiger partial charge in [0.1, 0.15) is 0 Å². The molecular formula is C14H17BrN2O3. The highest BCUT2D eigenvalue weighted by Gasteiger charge is 2.33. The highest BCUT2D eigenvalue weighted by atomic mass is 79.9. The molecule has 0 spiro atoms. The molecule has 0 unspecified atom stereocenters. The molecule has 1 aliphatic rings. The summed E-state index contributed by atoms with van der Waals surface area (Å²) in [4.78, 5) is 11.8. The van der Waals surface area contributed by atoms with Crippen molar-refractivity contribution in [1.29, 1.82) is 0 Å². The van der Waals surface area contributed by atoms with E-state index in [-0.39, 0.29) is 12.3 Å². The van der Waals surface area contributed by atoms with Crippen molar-refractivity contribution >= 4 is 27.5 Å². The third-order valence-electron chi connectivity index (χ3n) is 2.99. The number of amides is 1. The molecule has 0 saturated carbocycles. The van der Waals surface area contributed by atoms with Gasteiger partial charge < -0.3 is 9.47 Å². The molecule has 1 N–H and O–H groups in total. The summed E-state index contributed by atoms with van der Waals surface area (Å²) in [5, 5.41) is 4.09. The minimum atomic E-state index is -0.828. The zero-order chi connectivity index (χ0) is 14.6. The van der Waals surface area contributed by atoms with E-state index in [0.29, 0.717) is 13.2 Å². The Kier molecular flexibility index (Phi) is 4.91. The third-order valence-corrected chi connectivity index (χ3v) is 3.52. The largest absolute Gasteiger partial charge is 0.347 e. The maximum atomic E-state index is 11.8. The molecule has 1 amide bonds. The average molecular weight is 341 g/mol. The molecule has 1 aromatic carbocycles. The summed E-state index contributed by atoms with van der Waals surface area (Å²) in [5.41, 5.74) is 4.22. The van der Waals surface area contributed by atoms with Crippen molar-refractivity contribution in [2.24, 2.45) is 5.10 Å². The summed E-state index contributed by atoms with van der Waals surface area (Å²) in [6, 6.07) is 7.72. The van der Waals surface area contributed by atoms with Crippen molar-refractivity contribution in [1.82, 2.24) is 5.43 Å². The molecule has 1 aromatic rings. The fourth-order valence-electron chi connectivity index (χ4n) is 1.89. The lowest BCUT2D eigenvalue weighted by Gasteiger charge is -2.20. The van der Waals surface area contributed by atoms with Gasteiger partial charge in [0, 0.05) is 4.47 Å². The van der Waals surface area contributed by atoms with E-state index in [2.05, 4.69) is 26.5 Å². The minimum Gasteiger partial charge on any atom is -0.347 e. The fourth-order valence-corrected chi connectivity index (χ4v) is 2.16. The average Bonchev–Trinajstić information content (AvgIpc) is 2.83. The lowest BCUT2D eigenvalue weighted by molar-refractivity contribution is -0.159. The number of rotatable bonds is 4. The third kappa shape index (κ3) is 4.13. The second kappa shape index (κ2) is 6.47. The van der Waals surface area contributed by atoms with Crippen molar-refractivity contribution < 1.29 is 14.3 Å². The lowest BCUT2D eigenvalue weighted by Crippen LogP contribution is -2.33. The maximum Gasteiger partial charge on any atom is 0.245 e. The van der Waals surface area contributed by atoms with Gasteiger partial charge in [-0.2, -0.15) is 5.10 Å². The molecule has 5 nitrogen and oxygen atoms in total. The zero-order valence-electron chi connectivity index (χ0n) is 11.5. The first-order valence-corrected chi connectivity index (χ1v) is 7.15. The van der Waals surface area contributed by atoms with Gasteiger partial charge in [-0.25, -0.2) is 5.43 Å². The van der Waals surface area contributed by atoms with E-state index < -0.39 is 5.79 Å². The van der Waals surface area contributed by atoms with E-state index in [0.717, 1.165) is 15.7 Å². The predicted octanol–water partition coefficient (Wildman–Crippen LogP) is 2.44. The molecule has 2 rings (SSSR count).